The molecule has 1 amide bonds. The predicted octanol–water partition coefficient (Wildman–Crippen LogP) is 6.27. The number of oxime groups is 1. The molecular weight excluding hydrogens is 561 g/mol. The van der Waals surface area contributed by atoms with E-state index in [4.69, 9.17) is 4.84 Å². The topological polar surface area (TPSA) is 83.8 Å². The molecule has 1 aromatic carbocycles. The summed E-state index contributed by atoms with van der Waals surface area (Å²) in [7, 11) is 1.64. The van der Waals surface area contributed by atoms with Gasteiger partial charge in [0.2, 0.25) is 5.91 Å². The van der Waals surface area contributed by atoms with Gasteiger partial charge in [-0.15, -0.1) is 11.3 Å². The lowest BCUT2D eigenvalue weighted by Crippen LogP contribution is -2.44. The maximum atomic E-state index is 12.7. The molecule has 6 nitrogen and oxygen atoms in total. The minimum Gasteiger partial charge on any atom is -0.507 e. The number of hydrogen-bond acceptors (Lipinski definition) is 6. The fourth-order valence-electron chi connectivity index (χ4n) is 7.12. The monoisotopic (exact) mass is 593 g/mol. The van der Waals surface area contributed by atoms with Gasteiger partial charge in [-0.3, -0.25) is 4.79 Å². The number of benzene rings is 1. The third-order valence-electron chi connectivity index (χ3n) is 8.51. The van der Waals surface area contributed by atoms with E-state index in [0.717, 1.165) is 47.0 Å². The lowest BCUT2D eigenvalue weighted by atomic mass is 9.54. The van der Waals surface area contributed by atoms with Crippen LogP contribution in [-0.4, -0.2) is 28.8 Å². The van der Waals surface area contributed by atoms with E-state index >= 15 is 0 Å². The van der Waals surface area contributed by atoms with Crippen LogP contribution in [0.15, 0.2) is 23.5 Å². The van der Waals surface area contributed by atoms with Crippen molar-refractivity contribution in [2.24, 2.45) is 28.3 Å². The molecule has 0 saturated heterocycles. The third kappa shape index (κ3) is 4.14. The Balaban J connectivity index is 1.39. The van der Waals surface area contributed by atoms with Crippen molar-refractivity contribution < 1.29 is 14.7 Å². The Bertz CT molecular complexity index is 1130. The molecule has 0 spiro atoms. The van der Waals surface area contributed by atoms with Crippen LogP contribution in [0.3, 0.4) is 0 Å². The van der Waals surface area contributed by atoms with Crippen LogP contribution < -0.4 is 5.32 Å². The first kappa shape index (κ1) is 24.0. The molecule has 0 bridgehead atoms. The quantitative estimate of drug-likeness (QED) is 0.317. The first-order valence-electron chi connectivity index (χ1n) is 12.1. The lowest BCUT2D eigenvalue weighted by molar-refractivity contribution is -0.116. The van der Waals surface area contributed by atoms with Gasteiger partial charge in [0.15, 0.2) is 5.13 Å². The standard InChI is InChI=1S/C26H32IN3O3S/c1-14-13-28-25(34-14)29-22(32)9-4-15-12-21(30-33-3)26(2)11-10-17-16-7-8-20(31)24(27)19(16)6-5-18(17)23(15)26/h7-8,13,15,17-18,23,31H,4-6,9-12H2,1-3H3,(H,28,29,32)/t15-,17?,18?,23?,26-/m1/s1. The van der Waals surface area contributed by atoms with Crippen molar-refractivity contribution in [3.05, 3.63) is 37.9 Å². The average Bonchev–Trinajstić information content (AvgIpc) is 3.34. The Labute approximate surface area is 218 Å². The molecule has 0 aliphatic heterocycles. The molecule has 34 heavy (non-hydrogen) atoms. The highest BCUT2D eigenvalue weighted by molar-refractivity contribution is 14.1. The van der Waals surface area contributed by atoms with E-state index in [1.165, 1.54) is 28.2 Å². The lowest BCUT2D eigenvalue weighted by Gasteiger charge is -2.50. The molecule has 3 aliphatic rings. The van der Waals surface area contributed by atoms with Gasteiger partial charge in [-0.1, -0.05) is 18.1 Å². The number of aryl methyl sites for hydroxylation is 1. The summed E-state index contributed by atoms with van der Waals surface area (Å²) in [6, 6.07) is 4.02. The minimum atomic E-state index is 0.0202. The molecule has 0 radical (unpaired) electrons. The van der Waals surface area contributed by atoms with E-state index in [9.17, 15) is 9.90 Å². The summed E-state index contributed by atoms with van der Waals surface area (Å²) in [4.78, 5) is 23.4. The molecule has 2 aromatic rings. The SMILES string of the molecule is CON=C1C[C@@H](CCC(=O)Nc2ncc(C)s2)C2C3CCc4c(ccc(O)c4I)C3CC[C@]12C. The summed E-state index contributed by atoms with van der Waals surface area (Å²) in [5, 5.41) is 18.4. The Morgan fingerprint density at radius 2 is 2.24 bits per heavy atom. The number of rotatable bonds is 5. The third-order valence-corrected chi connectivity index (χ3v) is 10.5. The number of carbonyl (C=O) groups is 1. The molecule has 3 aliphatic carbocycles. The Morgan fingerprint density at radius 3 is 2.97 bits per heavy atom. The Morgan fingerprint density at radius 1 is 1.41 bits per heavy atom. The number of phenolic OH excluding ortho intramolecular Hbond substituents is 1. The number of amides is 1. The van der Waals surface area contributed by atoms with Crippen molar-refractivity contribution in [1.82, 2.24) is 4.98 Å². The van der Waals surface area contributed by atoms with Crippen LogP contribution in [-0.2, 0) is 16.1 Å². The molecule has 5 rings (SSSR count). The number of nitrogens with one attached hydrogen (secondary N) is 1. The molecule has 8 heteroatoms. The summed E-state index contributed by atoms with van der Waals surface area (Å²) >= 11 is 3.81. The molecule has 2 fully saturated rings. The molecule has 1 heterocycles. The first-order chi connectivity index (χ1) is 16.3. The van der Waals surface area contributed by atoms with Crippen LogP contribution in [0.2, 0.25) is 0 Å². The molecular formula is C26H32IN3O3S. The van der Waals surface area contributed by atoms with Gasteiger partial charge in [0.05, 0.1) is 9.28 Å². The van der Waals surface area contributed by atoms with Crippen LogP contribution >= 0.6 is 33.9 Å². The Kier molecular flexibility index (Phi) is 6.65. The van der Waals surface area contributed by atoms with Gasteiger partial charge in [0, 0.05) is 22.9 Å². The highest BCUT2D eigenvalue weighted by Crippen LogP contribution is 2.62. The number of phenols is 1. The Hall–Kier alpha value is -1.68. The van der Waals surface area contributed by atoms with Crippen LogP contribution in [0.25, 0.3) is 0 Å². The van der Waals surface area contributed by atoms with Crippen molar-refractivity contribution >= 4 is 50.7 Å². The first-order valence-corrected chi connectivity index (χ1v) is 14.0. The smallest absolute Gasteiger partial charge is 0.226 e. The molecule has 2 N–H and O–H groups in total. The zero-order valence-corrected chi connectivity index (χ0v) is 22.9. The van der Waals surface area contributed by atoms with Gasteiger partial charge in [-0.05, 0) is 109 Å². The van der Waals surface area contributed by atoms with E-state index < -0.39 is 0 Å². The number of hydrogen-bond donors (Lipinski definition) is 2. The zero-order valence-electron chi connectivity index (χ0n) is 19.9. The second-order valence-corrected chi connectivity index (χ2v) is 12.6. The van der Waals surface area contributed by atoms with Crippen molar-refractivity contribution in [3.63, 3.8) is 0 Å². The summed E-state index contributed by atoms with van der Waals surface area (Å²) in [5.74, 6) is 2.40. The van der Waals surface area contributed by atoms with E-state index in [2.05, 4.69) is 51.0 Å². The van der Waals surface area contributed by atoms with E-state index in [0.29, 0.717) is 41.0 Å². The van der Waals surface area contributed by atoms with Crippen LogP contribution in [0.1, 0.15) is 67.4 Å². The van der Waals surface area contributed by atoms with E-state index in [1.807, 2.05) is 13.0 Å². The van der Waals surface area contributed by atoms with Crippen molar-refractivity contribution in [2.45, 2.75) is 64.7 Å². The molecule has 5 atom stereocenters. The van der Waals surface area contributed by atoms with Gasteiger partial charge in [0.25, 0.3) is 0 Å². The molecule has 3 unspecified atom stereocenters. The van der Waals surface area contributed by atoms with Crippen molar-refractivity contribution in [1.29, 1.82) is 0 Å². The number of aromatic hydroxyl groups is 1. The number of halogens is 1. The number of fused-ring (bicyclic) bond motifs is 5. The van der Waals surface area contributed by atoms with Gasteiger partial charge in [-0.25, -0.2) is 4.98 Å². The second kappa shape index (κ2) is 9.41. The van der Waals surface area contributed by atoms with Crippen LogP contribution in [0.5, 0.6) is 5.75 Å². The average molecular weight is 594 g/mol. The number of anilines is 1. The normalized spacial score (nSPS) is 31.0. The second-order valence-electron chi connectivity index (χ2n) is 10.3. The molecule has 182 valence electrons. The largest absolute Gasteiger partial charge is 0.507 e. The van der Waals surface area contributed by atoms with Gasteiger partial charge >= 0.3 is 0 Å². The van der Waals surface area contributed by atoms with Crippen LogP contribution in [0, 0.1) is 33.7 Å². The summed E-state index contributed by atoms with van der Waals surface area (Å²) in [6.07, 6.45) is 8.38. The summed E-state index contributed by atoms with van der Waals surface area (Å²) in [6.45, 7) is 4.37. The van der Waals surface area contributed by atoms with E-state index in [-0.39, 0.29) is 11.3 Å². The van der Waals surface area contributed by atoms with Gasteiger partial charge in [-0.2, -0.15) is 0 Å². The number of thiazole rings is 1. The van der Waals surface area contributed by atoms with Crippen molar-refractivity contribution in [3.8, 4) is 5.75 Å². The predicted molar refractivity (Wildman–Crippen MR) is 143 cm³/mol. The maximum Gasteiger partial charge on any atom is 0.226 e. The zero-order chi connectivity index (χ0) is 24.0. The van der Waals surface area contributed by atoms with E-state index in [1.54, 1.807) is 13.3 Å². The number of aromatic nitrogens is 1. The molecule has 2 saturated carbocycles. The summed E-state index contributed by atoms with van der Waals surface area (Å²) in [5.41, 5.74) is 3.95. The highest BCUT2D eigenvalue weighted by Gasteiger charge is 2.57. The fourth-order valence-corrected chi connectivity index (χ4v) is 8.56. The minimum absolute atomic E-state index is 0.0202. The van der Waals surface area contributed by atoms with Crippen LogP contribution in [0.4, 0.5) is 5.13 Å². The maximum absolute atomic E-state index is 12.7. The number of nitrogens with zero attached hydrogens (tertiary/aromatic N) is 2. The number of carbonyl (C=O) groups excluding carboxylic acids is 1. The highest BCUT2D eigenvalue weighted by atomic mass is 127. The van der Waals surface area contributed by atoms with Crippen molar-refractivity contribution in [2.75, 3.05) is 12.4 Å². The summed E-state index contributed by atoms with van der Waals surface area (Å²) < 4.78 is 1.01. The van der Waals surface area contributed by atoms with Gasteiger partial charge < -0.3 is 15.3 Å². The molecule has 1 aromatic heterocycles. The fraction of sp³-hybridized carbons (Fsp3) is 0.577. The van der Waals surface area contributed by atoms with Gasteiger partial charge in [0.1, 0.15) is 12.9 Å².